The largest absolute Gasteiger partial charge is 0.494 e. The molecule has 26 heavy (non-hydrogen) atoms. The van der Waals surface area contributed by atoms with Gasteiger partial charge >= 0.3 is 0 Å². The fourth-order valence-electron chi connectivity index (χ4n) is 3.19. The van der Waals surface area contributed by atoms with Crippen molar-refractivity contribution < 1.29 is 14.3 Å². The molecule has 1 atom stereocenters. The van der Waals surface area contributed by atoms with Gasteiger partial charge in [-0.25, -0.2) is 4.98 Å². The molecule has 1 fully saturated rings. The van der Waals surface area contributed by atoms with Crippen molar-refractivity contribution in [3.05, 3.63) is 29.1 Å². The minimum atomic E-state index is -0.167. The zero-order valence-electron chi connectivity index (χ0n) is 14.6. The summed E-state index contributed by atoms with van der Waals surface area (Å²) < 4.78 is 11.1. The van der Waals surface area contributed by atoms with Crippen molar-refractivity contribution in [3.8, 4) is 5.75 Å². The number of hydrogen-bond acceptors (Lipinski definition) is 6. The third-order valence-corrected chi connectivity index (χ3v) is 5.63. The van der Waals surface area contributed by atoms with Gasteiger partial charge in [0.1, 0.15) is 15.5 Å². The van der Waals surface area contributed by atoms with Crippen molar-refractivity contribution in [2.45, 2.75) is 25.9 Å². The number of nitrogens with one attached hydrogen (secondary N) is 1. The normalized spacial score (nSPS) is 17.0. The Morgan fingerprint density at radius 1 is 1.46 bits per heavy atom. The molecule has 3 aromatic rings. The van der Waals surface area contributed by atoms with Crippen LogP contribution in [0.15, 0.2) is 24.3 Å². The van der Waals surface area contributed by atoms with Crippen molar-refractivity contribution in [2.75, 3.05) is 25.5 Å². The Kier molecular flexibility index (Phi) is 4.65. The number of carbonyl (C=O) groups excluding carboxylic acids is 1. The molecular weight excluding hydrogens is 350 g/mol. The van der Waals surface area contributed by atoms with Crippen LogP contribution in [0.1, 0.15) is 29.4 Å². The van der Waals surface area contributed by atoms with Gasteiger partial charge in [0, 0.05) is 30.0 Å². The van der Waals surface area contributed by atoms with E-state index in [0.29, 0.717) is 23.7 Å². The van der Waals surface area contributed by atoms with Crippen LogP contribution in [0.2, 0.25) is 0 Å². The summed E-state index contributed by atoms with van der Waals surface area (Å²) >= 11 is 1.32. The van der Waals surface area contributed by atoms with E-state index in [4.69, 9.17) is 15.2 Å². The van der Waals surface area contributed by atoms with Crippen molar-refractivity contribution in [1.29, 1.82) is 0 Å². The highest BCUT2D eigenvalue weighted by Crippen LogP contribution is 2.35. The zero-order chi connectivity index (χ0) is 18.1. The molecule has 4 rings (SSSR count). The number of pyridine rings is 1. The molecule has 3 N–H and O–H groups in total. The number of rotatable bonds is 5. The summed E-state index contributed by atoms with van der Waals surface area (Å²) in [5, 5.41) is 4.71. The van der Waals surface area contributed by atoms with Gasteiger partial charge in [0.25, 0.3) is 5.91 Å². The fraction of sp³-hybridized carbons (Fsp3) is 0.368. The third kappa shape index (κ3) is 3.20. The highest BCUT2D eigenvalue weighted by molar-refractivity contribution is 7.21. The summed E-state index contributed by atoms with van der Waals surface area (Å²) in [4.78, 5) is 18.5. The number of aromatic nitrogens is 1. The molecule has 1 saturated heterocycles. The molecule has 7 heteroatoms. The summed E-state index contributed by atoms with van der Waals surface area (Å²) in [6.45, 7) is 3.84. The van der Waals surface area contributed by atoms with Crippen molar-refractivity contribution in [3.63, 3.8) is 0 Å². The van der Waals surface area contributed by atoms with E-state index in [9.17, 15) is 4.79 Å². The number of nitrogens with two attached hydrogens (primary N) is 1. The average molecular weight is 371 g/mol. The standard InChI is InChI=1S/C19H21N3O3S/c1-2-24-12-6-5-11-8-14-16(20)17(26-19(14)22-15(11)9-12)18(23)21-10-13-4-3-7-25-13/h5-6,8-9,13H,2-4,7,10,20H2,1H3,(H,21,23)/t13-/m0/s1. The molecule has 1 aromatic carbocycles. The van der Waals surface area contributed by atoms with Crippen molar-refractivity contribution in [1.82, 2.24) is 10.3 Å². The Morgan fingerprint density at radius 2 is 2.35 bits per heavy atom. The number of carbonyl (C=O) groups is 1. The number of fused-ring (bicyclic) bond motifs is 2. The van der Waals surface area contributed by atoms with Gasteiger partial charge < -0.3 is 20.5 Å². The number of benzene rings is 1. The Labute approximate surface area is 155 Å². The van der Waals surface area contributed by atoms with E-state index in [1.54, 1.807) is 0 Å². The Hall–Kier alpha value is -2.38. The zero-order valence-corrected chi connectivity index (χ0v) is 15.4. The van der Waals surface area contributed by atoms with E-state index in [-0.39, 0.29) is 12.0 Å². The number of ether oxygens (including phenoxy) is 2. The molecule has 1 aliphatic rings. The Balaban J connectivity index is 1.64. The SMILES string of the molecule is CCOc1ccc2cc3c(N)c(C(=O)NC[C@@H]4CCCO4)sc3nc2c1. The third-order valence-electron chi connectivity index (χ3n) is 4.52. The Morgan fingerprint density at radius 3 is 3.12 bits per heavy atom. The number of nitrogen functional groups attached to an aromatic ring is 1. The fourth-order valence-corrected chi connectivity index (χ4v) is 4.19. The number of thiophene rings is 1. The molecule has 1 amide bonds. The molecule has 3 heterocycles. The predicted molar refractivity (Wildman–Crippen MR) is 104 cm³/mol. The van der Waals surface area contributed by atoms with E-state index in [1.807, 2.05) is 31.2 Å². The van der Waals surface area contributed by atoms with Crippen LogP contribution in [0.25, 0.3) is 21.1 Å². The van der Waals surface area contributed by atoms with Crippen molar-refractivity contribution >= 4 is 44.1 Å². The number of amides is 1. The van der Waals surface area contributed by atoms with Crippen LogP contribution < -0.4 is 15.8 Å². The van der Waals surface area contributed by atoms with Gasteiger partial charge in [-0.05, 0) is 38.0 Å². The number of anilines is 1. The van der Waals surface area contributed by atoms with E-state index in [1.165, 1.54) is 11.3 Å². The highest BCUT2D eigenvalue weighted by Gasteiger charge is 2.21. The summed E-state index contributed by atoms with van der Waals surface area (Å²) in [6.07, 6.45) is 2.13. The molecule has 1 aliphatic heterocycles. The van der Waals surface area contributed by atoms with Gasteiger partial charge in [-0.2, -0.15) is 0 Å². The first kappa shape index (κ1) is 17.1. The molecular formula is C19H21N3O3S. The van der Waals surface area contributed by atoms with E-state index in [0.717, 1.165) is 46.3 Å². The van der Waals surface area contributed by atoms with E-state index >= 15 is 0 Å². The van der Waals surface area contributed by atoms with Crippen LogP contribution in [0.4, 0.5) is 5.69 Å². The minimum Gasteiger partial charge on any atom is -0.494 e. The minimum absolute atomic E-state index is 0.104. The van der Waals surface area contributed by atoms with Gasteiger partial charge in [0.2, 0.25) is 0 Å². The maximum atomic E-state index is 12.5. The van der Waals surface area contributed by atoms with Crippen LogP contribution >= 0.6 is 11.3 Å². The lowest BCUT2D eigenvalue weighted by molar-refractivity contribution is 0.0862. The molecule has 0 spiro atoms. The summed E-state index contributed by atoms with van der Waals surface area (Å²) in [5.41, 5.74) is 7.56. The quantitative estimate of drug-likeness (QED) is 0.718. The maximum Gasteiger partial charge on any atom is 0.263 e. The van der Waals surface area contributed by atoms with Gasteiger partial charge in [-0.3, -0.25) is 4.79 Å². The molecule has 6 nitrogen and oxygen atoms in total. The van der Waals surface area contributed by atoms with Gasteiger partial charge in [-0.1, -0.05) is 0 Å². The molecule has 0 bridgehead atoms. The number of hydrogen-bond donors (Lipinski definition) is 2. The van der Waals surface area contributed by atoms with E-state index in [2.05, 4.69) is 10.3 Å². The van der Waals surface area contributed by atoms with Gasteiger partial charge in [-0.15, -0.1) is 11.3 Å². The first-order chi connectivity index (χ1) is 12.7. The lowest BCUT2D eigenvalue weighted by Gasteiger charge is -2.10. The predicted octanol–water partition coefficient (Wildman–Crippen LogP) is 3.34. The molecule has 136 valence electrons. The van der Waals surface area contributed by atoms with Crippen LogP contribution in [0.3, 0.4) is 0 Å². The van der Waals surface area contributed by atoms with Crippen molar-refractivity contribution in [2.24, 2.45) is 0 Å². The van der Waals surface area contributed by atoms with Gasteiger partial charge in [0.05, 0.1) is 23.9 Å². The molecule has 0 aliphatic carbocycles. The smallest absolute Gasteiger partial charge is 0.263 e. The molecule has 2 aromatic heterocycles. The molecule has 0 radical (unpaired) electrons. The Bertz CT molecular complexity index is 963. The average Bonchev–Trinajstić information content (AvgIpc) is 3.27. The second kappa shape index (κ2) is 7.09. The second-order valence-electron chi connectivity index (χ2n) is 6.32. The lowest BCUT2D eigenvalue weighted by atomic mass is 10.1. The first-order valence-electron chi connectivity index (χ1n) is 8.81. The molecule has 0 saturated carbocycles. The van der Waals surface area contributed by atoms with Crippen LogP contribution in [-0.2, 0) is 4.74 Å². The summed E-state index contributed by atoms with van der Waals surface area (Å²) in [6, 6.07) is 7.76. The maximum absolute atomic E-state index is 12.5. The van der Waals surface area contributed by atoms with Crippen LogP contribution in [0, 0.1) is 0 Å². The summed E-state index contributed by atoms with van der Waals surface area (Å²) in [7, 11) is 0. The highest BCUT2D eigenvalue weighted by atomic mass is 32.1. The van der Waals surface area contributed by atoms with Crippen LogP contribution in [0.5, 0.6) is 5.75 Å². The lowest BCUT2D eigenvalue weighted by Crippen LogP contribution is -2.31. The van der Waals surface area contributed by atoms with E-state index < -0.39 is 0 Å². The first-order valence-corrected chi connectivity index (χ1v) is 9.62. The second-order valence-corrected chi connectivity index (χ2v) is 7.32. The van der Waals surface area contributed by atoms with Gasteiger partial charge in [0.15, 0.2) is 0 Å². The monoisotopic (exact) mass is 371 g/mol. The number of nitrogens with zero attached hydrogens (tertiary/aromatic N) is 1. The van der Waals surface area contributed by atoms with Crippen LogP contribution in [-0.4, -0.2) is 36.8 Å². The summed E-state index contributed by atoms with van der Waals surface area (Å²) in [5.74, 6) is 0.617. The molecule has 0 unspecified atom stereocenters. The topological polar surface area (TPSA) is 86.5 Å².